The predicted molar refractivity (Wildman–Crippen MR) is 86.1 cm³/mol. The number of rotatable bonds is 4. The Hall–Kier alpha value is -2.27. The van der Waals surface area contributed by atoms with Crippen LogP contribution in [-0.2, 0) is 4.79 Å². The van der Waals surface area contributed by atoms with Crippen molar-refractivity contribution < 1.29 is 18.7 Å². The lowest BCUT2D eigenvalue weighted by molar-refractivity contribution is -0.134. The molecule has 3 nitrogen and oxygen atoms in total. The summed E-state index contributed by atoms with van der Waals surface area (Å²) in [5.74, 6) is -0.931. The molecule has 0 saturated carbocycles. The van der Waals surface area contributed by atoms with Gasteiger partial charge in [-0.2, -0.15) is 0 Å². The maximum Gasteiger partial charge on any atom is 0.226 e. The van der Waals surface area contributed by atoms with Gasteiger partial charge < -0.3 is 10.0 Å². The Morgan fingerprint density at radius 3 is 2.62 bits per heavy atom. The normalized spacial score (nSPS) is 18.6. The van der Waals surface area contributed by atoms with Crippen molar-refractivity contribution in [3.63, 3.8) is 0 Å². The van der Waals surface area contributed by atoms with Crippen LogP contribution in [0.4, 0.5) is 8.78 Å². The van der Waals surface area contributed by atoms with Gasteiger partial charge in [0.25, 0.3) is 0 Å². The zero-order chi connectivity index (χ0) is 17.1. The maximum absolute atomic E-state index is 13.2. The second-order valence-electron chi connectivity index (χ2n) is 6.07. The second kappa shape index (κ2) is 7.09. The van der Waals surface area contributed by atoms with Gasteiger partial charge in [-0.15, -0.1) is 0 Å². The predicted octanol–water partition coefficient (Wildman–Crippen LogP) is 3.75. The first-order valence-electron chi connectivity index (χ1n) is 8.03. The molecule has 1 amide bonds. The summed E-state index contributed by atoms with van der Waals surface area (Å²) in [7, 11) is 0. The van der Waals surface area contributed by atoms with Gasteiger partial charge in [-0.3, -0.25) is 4.79 Å². The molecular formula is C19H19F2NO2. The van der Waals surface area contributed by atoms with E-state index in [0.29, 0.717) is 12.1 Å². The molecule has 1 heterocycles. The first kappa shape index (κ1) is 16.6. The average Bonchev–Trinajstić information content (AvgIpc) is 3.05. The number of hydrogen-bond acceptors (Lipinski definition) is 2. The van der Waals surface area contributed by atoms with Crippen molar-refractivity contribution in [3.05, 3.63) is 71.3 Å². The molecule has 24 heavy (non-hydrogen) atoms. The second-order valence-corrected chi connectivity index (χ2v) is 6.07. The molecule has 2 aromatic rings. The van der Waals surface area contributed by atoms with Gasteiger partial charge in [-0.05, 0) is 48.2 Å². The zero-order valence-corrected chi connectivity index (χ0v) is 13.2. The van der Waals surface area contributed by atoms with Gasteiger partial charge in [-0.1, -0.05) is 24.3 Å². The highest BCUT2D eigenvalue weighted by atomic mass is 19.1. The highest BCUT2D eigenvalue weighted by molar-refractivity contribution is 5.77. The molecule has 1 aliphatic heterocycles. The number of halogens is 2. The van der Waals surface area contributed by atoms with Gasteiger partial charge in [0.2, 0.25) is 5.91 Å². The minimum absolute atomic E-state index is 0.0961. The molecule has 2 unspecified atom stereocenters. The van der Waals surface area contributed by atoms with Crippen molar-refractivity contribution in [2.24, 2.45) is 0 Å². The van der Waals surface area contributed by atoms with Crippen LogP contribution in [0.25, 0.3) is 0 Å². The van der Waals surface area contributed by atoms with E-state index in [2.05, 4.69) is 0 Å². The number of aliphatic hydroxyl groups excluding tert-OH is 1. The summed E-state index contributed by atoms with van der Waals surface area (Å²) < 4.78 is 26.3. The Balaban J connectivity index is 1.70. The Morgan fingerprint density at radius 2 is 1.92 bits per heavy atom. The van der Waals surface area contributed by atoms with Gasteiger partial charge in [0, 0.05) is 6.54 Å². The number of benzene rings is 2. The molecular weight excluding hydrogens is 312 g/mol. The van der Waals surface area contributed by atoms with Crippen molar-refractivity contribution in [3.8, 4) is 0 Å². The molecule has 2 aromatic carbocycles. The SMILES string of the molecule is O=C(CC(O)c1cccc(F)c1)N1CCCC1c1ccc(F)cc1. The third-order valence-electron chi connectivity index (χ3n) is 4.43. The van der Waals surface area contributed by atoms with E-state index in [1.54, 1.807) is 23.1 Å². The monoisotopic (exact) mass is 331 g/mol. The summed E-state index contributed by atoms with van der Waals surface area (Å²) in [6.45, 7) is 0.608. The highest BCUT2D eigenvalue weighted by Gasteiger charge is 2.31. The fraction of sp³-hybridized carbons (Fsp3) is 0.316. The largest absolute Gasteiger partial charge is 0.388 e. The van der Waals surface area contributed by atoms with E-state index in [-0.39, 0.29) is 24.2 Å². The van der Waals surface area contributed by atoms with Gasteiger partial charge in [-0.25, -0.2) is 8.78 Å². The molecule has 1 saturated heterocycles. The highest BCUT2D eigenvalue weighted by Crippen LogP contribution is 2.33. The van der Waals surface area contributed by atoms with Crippen LogP contribution < -0.4 is 0 Å². The number of carbonyl (C=O) groups excluding carboxylic acids is 1. The topological polar surface area (TPSA) is 40.5 Å². The van der Waals surface area contributed by atoms with Crippen LogP contribution in [0.5, 0.6) is 0 Å². The molecule has 1 fully saturated rings. The first-order chi connectivity index (χ1) is 11.5. The molecule has 0 radical (unpaired) electrons. The molecule has 126 valence electrons. The fourth-order valence-corrected chi connectivity index (χ4v) is 3.21. The van der Waals surface area contributed by atoms with Gasteiger partial charge in [0.1, 0.15) is 11.6 Å². The molecule has 0 bridgehead atoms. The summed E-state index contributed by atoms with van der Waals surface area (Å²) in [5, 5.41) is 10.2. The first-order valence-corrected chi connectivity index (χ1v) is 8.03. The van der Waals surface area contributed by atoms with Crippen LogP contribution in [0.1, 0.15) is 42.5 Å². The zero-order valence-electron chi connectivity index (χ0n) is 13.2. The number of hydrogen-bond donors (Lipinski definition) is 1. The van der Waals surface area contributed by atoms with E-state index >= 15 is 0 Å². The van der Waals surface area contributed by atoms with E-state index in [0.717, 1.165) is 18.4 Å². The lowest BCUT2D eigenvalue weighted by Crippen LogP contribution is -2.31. The molecule has 1 aliphatic rings. The molecule has 0 aromatic heterocycles. The number of aliphatic hydroxyl groups is 1. The van der Waals surface area contributed by atoms with E-state index in [1.807, 2.05) is 0 Å². The summed E-state index contributed by atoms with van der Waals surface area (Å²) in [4.78, 5) is 14.3. The summed E-state index contributed by atoms with van der Waals surface area (Å²) in [6, 6.07) is 11.7. The molecule has 1 N–H and O–H groups in total. The molecule has 0 spiro atoms. The van der Waals surface area contributed by atoms with E-state index in [1.165, 1.54) is 30.3 Å². The average molecular weight is 331 g/mol. The lowest BCUT2D eigenvalue weighted by Gasteiger charge is -2.26. The van der Waals surface area contributed by atoms with Crippen LogP contribution in [-0.4, -0.2) is 22.5 Å². The third-order valence-corrected chi connectivity index (χ3v) is 4.43. The Morgan fingerprint density at radius 1 is 1.17 bits per heavy atom. The minimum Gasteiger partial charge on any atom is -0.388 e. The number of amides is 1. The quantitative estimate of drug-likeness (QED) is 0.927. The van der Waals surface area contributed by atoms with E-state index in [4.69, 9.17) is 0 Å². The number of nitrogens with zero attached hydrogens (tertiary/aromatic N) is 1. The van der Waals surface area contributed by atoms with Gasteiger partial charge in [0.15, 0.2) is 0 Å². The van der Waals surface area contributed by atoms with E-state index < -0.39 is 11.9 Å². The van der Waals surface area contributed by atoms with Crippen molar-refractivity contribution in [2.75, 3.05) is 6.54 Å². The van der Waals surface area contributed by atoms with Crippen LogP contribution in [0.15, 0.2) is 48.5 Å². The van der Waals surface area contributed by atoms with Crippen molar-refractivity contribution in [2.45, 2.75) is 31.4 Å². The molecule has 0 aliphatic carbocycles. The smallest absolute Gasteiger partial charge is 0.226 e. The van der Waals surface area contributed by atoms with Gasteiger partial charge in [0.05, 0.1) is 18.6 Å². The number of likely N-dealkylation sites (tertiary alicyclic amines) is 1. The Bertz CT molecular complexity index is 718. The van der Waals surface area contributed by atoms with Crippen LogP contribution >= 0.6 is 0 Å². The fourth-order valence-electron chi connectivity index (χ4n) is 3.21. The molecule has 2 atom stereocenters. The standard InChI is InChI=1S/C19H19F2NO2/c20-15-8-6-13(7-9-15)17-5-2-10-22(17)19(24)12-18(23)14-3-1-4-16(21)11-14/h1,3-4,6-9,11,17-18,23H,2,5,10,12H2. The molecule has 5 heteroatoms. The van der Waals surface area contributed by atoms with Crippen molar-refractivity contribution in [1.29, 1.82) is 0 Å². The summed E-state index contributed by atoms with van der Waals surface area (Å²) in [6.07, 6.45) is 0.543. The van der Waals surface area contributed by atoms with Crippen LogP contribution in [0, 0.1) is 11.6 Å². The number of carbonyl (C=O) groups is 1. The minimum atomic E-state index is -1.04. The lowest BCUT2D eigenvalue weighted by atomic mass is 10.0. The molecule has 3 rings (SSSR count). The van der Waals surface area contributed by atoms with Crippen molar-refractivity contribution in [1.82, 2.24) is 4.90 Å². The summed E-state index contributed by atoms with van der Waals surface area (Å²) in [5.41, 5.74) is 1.28. The Labute approximate surface area is 139 Å². The third kappa shape index (κ3) is 3.62. The summed E-state index contributed by atoms with van der Waals surface area (Å²) >= 11 is 0. The van der Waals surface area contributed by atoms with Crippen molar-refractivity contribution >= 4 is 5.91 Å². The van der Waals surface area contributed by atoms with E-state index in [9.17, 15) is 18.7 Å². The van der Waals surface area contributed by atoms with Gasteiger partial charge >= 0.3 is 0 Å². The van der Waals surface area contributed by atoms with Crippen LogP contribution in [0.3, 0.4) is 0 Å². The maximum atomic E-state index is 13.2. The van der Waals surface area contributed by atoms with Crippen LogP contribution in [0.2, 0.25) is 0 Å². The Kier molecular flexibility index (Phi) is 4.90.